The molecular weight excluding hydrogens is 476 g/mol. The zero-order valence-corrected chi connectivity index (χ0v) is 22.6. The molecule has 0 aromatic rings. The second-order valence-electron chi connectivity index (χ2n) is 7.38. The van der Waals surface area contributed by atoms with Crippen molar-refractivity contribution in [1.29, 1.82) is 0 Å². The fourth-order valence-electron chi connectivity index (χ4n) is 0.485. The fourth-order valence-corrected chi connectivity index (χ4v) is 0.485. The van der Waals surface area contributed by atoms with Gasteiger partial charge < -0.3 is 35.7 Å². The van der Waals surface area contributed by atoms with Crippen LogP contribution in [0.1, 0.15) is 61.3 Å². The van der Waals surface area contributed by atoms with Gasteiger partial charge >= 0.3 is 23.9 Å². The van der Waals surface area contributed by atoms with E-state index >= 15 is 0 Å². The molecule has 0 unspecified atom stereocenters. The fraction of sp³-hybridized carbons (Fsp3) is 0.520. The highest BCUT2D eigenvalue weighted by Crippen LogP contribution is 2.18. The molecule has 0 aromatic heterocycles. The van der Waals surface area contributed by atoms with Crippen LogP contribution >= 0.6 is 0 Å². The second-order valence-corrected chi connectivity index (χ2v) is 7.38. The maximum absolute atomic E-state index is 9.60. The van der Waals surface area contributed by atoms with E-state index in [0.29, 0.717) is 6.42 Å². The summed E-state index contributed by atoms with van der Waals surface area (Å²) in [4.78, 5) is 38.4. The Morgan fingerprint density at radius 3 is 0.639 bits per heavy atom. The molecule has 0 fully saturated rings. The van der Waals surface area contributed by atoms with Gasteiger partial charge in [-0.15, -0.1) is 0 Å². The monoisotopic (exact) mass is 522 g/mol. The van der Waals surface area contributed by atoms with Crippen molar-refractivity contribution in [2.45, 2.75) is 61.3 Å². The van der Waals surface area contributed by atoms with Gasteiger partial charge in [0.1, 0.15) is 0 Å². The van der Waals surface area contributed by atoms with Crippen LogP contribution in [-0.2, 0) is 19.2 Å². The highest BCUT2D eigenvalue weighted by Gasteiger charge is 2.24. The van der Waals surface area contributed by atoms with E-state index in [1.807, 2.05) is 6.92 Å². The second kappa shape index (κ2) is 29.8. The molecule has 0 amide bonds. The van der Waals surface area contributed by atoms with E-state index in [0.717, 1.165) is 0 Å². The summed E-state index contributed by atoms with van der Waals surface area (Å²) in [5.74, 6) is -3.74. The van der Waals surface area contributed by atoms with Crippen LogP contribution in [0.3, 0.4) is 0 Å². The molecule has 11 nitrogen and oxygen atoms in total. The minimum Gasteiger partial charge on any atom is -0.478 e. The van der Waals surface area contributed by atoms with Crippen LogP contribution in [0, 0.1) is 5.41 Å². The maximum atomic E-state index is 9.60. The molecule has 0 aliphatic heterocycles. The lowest BCUT2D eigenvalue weighted by Gasteiger charge is -2.24. The van der Waals surface area contributed by atoms with E-state index in [1.165, 1.54) is 34.1 Å². The molecule has 0 spiro atoms. The third kappa shape index (κ3) is 44.4. The van der Waals surface area contributed by atoms with Gasteiger partial charge in [-0.2, -0.15) is 0 Å². The quantitative estimate of drug-likeness (QED) is 0.230. The molecule has 0 saturated heterocycles. The topological polar surface area (TPSA) is 210 Å². The van der Waals surface area contributed by atoms with Gasteiger partial charge in [-0.3, -0.25) is 0 Å². The smallest absolute Gasteiger partial charge is 0.330 e. The Kier molecular flexibility index (Phi) is 38.1. The summed E-state index contributed by atoms with van der Waals surface area (Å²) in [6.07, 6.45) is 1.84. The van der Waals surface area contributed by atoms with Gasteiger partial charge in [0, 0.05) is 27.7 Å². The SMILES string of the molecule is C=C(C)C(=O)O.C=C(C)C(=O)O.C=C(C)C(=O)O.C=C(C)C(=O)O.CCC.CCC(CO)(CO)CO. The summed E-state index contributed by atoms with van der Waals surface area (Å²) in [7, 11) is 0. The van der Waals surface area contributed by atoms with Crippen LogP contribution < -0.4 is 0 Å². The Morgan fingerprint density at radius 2 is 0.639 bits per heavy atom. The number of aliphatic hydroxyl groups excluding tert-OH is 3. The summed E-state index contributed by atoms with van der Waals surface area (Å²) in [5.41, 5.74) is 0.0370. The third-order valence-electron chi connectivity index (χ3n) is 3.22. The van der Waals surface area contributed by atoms with Crippen LogP contribution in [0.4, 0.5) is 0 Å². The van der Waals surface area contributed by atoms with Crippen molar-refractivity contribution in [2.24, 2.45) is 5.41 Å². The molecular formula is C25H46O11. The van der Waals surface area contributed by atoms with Crippen LogP contribution in [0.25, 0.3) is 0 Å². The first kappa shape index (κ1) is 46.1. The molecule has 0 atom stereocenters. The van der Waals surface area contributed by atoms with Crippen molar-refractivity contribution >= 4 is 23.9 Å². The van der Waals surface area contributed by atoms with Gasteiger partial charge in [-0.25, -0.2) is 19.2 Å². The number of hydrogen-bond acceptors (Lipinski definition) is 7. The van der Waals surface area contributed by atoms with E-state index in [2.05, 4.69) is 40.2 Å². The van der Waals surface area contributed by atoms with Crippen molar-refractivity contribution in [2.75, 3.05) is 19.8 Å². The first-order chi connectivity index (χ1) is 16.2. The summed E-state index contributed by atoms with van der Waals surface area (Å²) in [5, 5.41) is 57.5. The lowest BCUT2D eigenvalue weighted by atomic mass is 9.88. The van der Waals surface area contributed by atoms with Gasteiger partial charge in [-0.05, 0) is 34.1 Å². The third-order valence-corrected chi connectivity index (χ3v) is 3.22. The number of rotatable bonds is 8. The summed E-state index contributed by atoms with van der Waals surface area (Å²) < 4.78 is 0. The normalized spacial score (nSPS) is 8.50. The molecule has 0 aromatic carbocycles. The molecule has 36 heavy (non-hydrogen) atoms. The van der Waals surface area contributed by atoms with E-state index in [9.17, 15) is 19.2 Å². The molecule has 0 aliphatic rings. The van der Waals surface area contributed by atoms with Gasteiger partial charge in [-0.1, -0.05) is 53.5 Å². The molecule has 0 radical (unpaired) electrons. The molecule has 0 bridgehead atoms. The maximum Gasteiger partial charge on any atom is 0.330 e. The summed E-state index contributed by atoms with van der Waals surface area (Å²) >= 11 is 0. The Morgan fingerprint density at radius 1 is 0.528 bits per heavy atom. The first-order valence-corrected chi connectivity index (χ1v) is 10.6. The predicted molar refractivity (Wildman–Crippen MR) is 140 cm³/mol. The van der Waals surface area contributed by atoms with E-state index in [4.69, 9.17) is 35.7 Å². The average Bonchev–Trinajstić information content (AvgIpc) is 2.77. The first-order valence-electron chi connectivity index (χ1n) is 10.6. The van der Waals surface area contributed by atoms with Crippen molar-refractivity contribution < 1.29 is 54.9 Å². The number of aliphatic hydroxyl groups is 3. The van der Waals surface area contributed by atoms with Crippen molar-refractivity contribution in [1.82, 2.24) is 0 Å². The van der Waals surface area contributed by atoms with Gasteiger partial charge in [0.15, 0.2) is 0 Å². The number of carbonyl (C=O) groups is 4. The molecule has 0 rings (SSSR count). The standard InChI is InChI=1S/C6H14O3.4C4H6O2.C3H8/c1-2-6(3-7,4-8)5-9;4*1-3(2)4(5)6;1-3-2/h7-9H,2-5H2,1H3;4*1H2,2H3,(H,5,6);3H2,1-2H3. The Labute approximate surface area is 214 Å². The number of carboxylic acid groups (broad SMARTS) is 4. The lowest BCUT2D eigenvalue weighted by Crippen LogP contribution is -2.32. The average molecular weight is 523 g/mol. The minimum absolute atomic E-state index is 0.156. The van der Waals surface area contributed by atoms with E-state index in [-0.39, 0.29) is 42.1 Å². The molecule has 7 N–H and O–H groups in total. The van der Waals surface area contributed by atoms with Crippen LogP contribution in [0.5, 0.6) is 0 Å². The predicted octanol–water partition coefficient (Wildman–Crippen LogP) is 3.36. The largest absolute Gasteiger partial charge is 0.478 e. The molecule has 11 heteroatoms. The van der Waals surface area contributed by atoms with Gasteiger partial charge in [0.05, 0.1) is 19.8 Å². The van der Waals surface area contributed by atoms with E-state index in [1.54, 1.807) is 0 Å². The zero-order valence-electron chi connectivity index (χ0n) is 22.6. The van der Waals surface area contributed by atoms with Crippen LogP contribution in [0.15, 0.2) is 48.6 Å². The lowest BCUT2D eigenvalue weighted by molar-refractivity contribution is -0.133. The Bertz CT molecular complexity index is 527. The Hall–Kier alpha value is -3.28. The molecule has 0 saturated carbocycles. The van der Waals surface area contributed by atoms with Crippen molar-refractivity contribution in [3.63, 3.8) is 0 Å². The van der Waals surface area contributed by atoms with Gasteiger partial charge in [0.25, 0.3) is 0 Å². The van der Waals surface area contributed by atoms with Crippen molar-refractivity contribution in [3.8, 4) is 0 Å². The number of hydrogen-bond donors (Lipinski definition) is 7. The van der Waals surface area contributed by atoms with Crippen LogP contribution in [-0.4, -0.2) is 79.4 Å². The Balaban J connectivity index is -0.0000000768. The van der Waals surface area contributed by atoms with E-state index < -0.39 is 29.3 Å². The number of carboxylic acids is 4. The summed E-state index contributed by atoms with van der Waals surface area (Å²) in [6.45, 7) is 24.0. The minimum atomic E-state index is -0.935. The van der Waals surface area contributed by atoms with Crippen LogP contribution in [0.2, 0.25) is 0 Å². The highest BCUT2D eigenvalue weighted by molar-refractivity contribution is 5.85. The molecule has 0 aliphatic carbocycles. The van der Waals surface area contributed by atoms with Gasteiger partial charge in [0.2, 0.25) is 0 Å². The number of aliphatic carboxylic acids is 4. The summed E-state index contributed by atoms with van der Waals surface area (Å²) in [6, 6.07) is 0. The highest BCUT2D eigenvalue weighted by atomic mass is 16.4. The van der Waals surface area contributed by atoms with Crippen molar-refractivity contribution in [3.05, 3.63) is 48.6 Å². The zero-order chi connectivity index (χ0) is 30.7. The molecule has 0 heterocycles. The molecule has 212 valence electrons.